The van der Waals surface area contributed by atoms with Crippen LogP contribution < -0.4 is 9.47 Å². The Balaban J connectivity index is 1.57. The molecule has 2 aliphatic rings. The van der Waals surface area contributed by atoms with Crippen molar-refractivity contribution < 1.29 is 13.9 Å². The number of nitrogens with zero attached hydrogens (tertiary/aromatic N) is 3. The third-order valence-electron chi connectivity index (χ3n) is 6.27. The smallest absolute Gasteiger partial charge is 0.231 e. The van der Waals surface area contributed by atoms with Crippen LogP contribution >= 0.6 is 0 Å². The van der Waals surface area contributed by atoms with E-state index in [-0.39, 0.29) is 5.92 Å². The lowest BCUT2D eigenvalue weighted by Gasteiger charge is -2.41. The van der Waals surface area contributed by atoms with Gasteiger partial charge in [0.1, 0.15) is 0 Å². The number of hydrogen-bond donors (Lipinski definition) is 0. The quantitative estimate of drug-likeness (QED) is 0.715. The second kappa shape index (κ2) is 8.11. The second-order valence-electron chi connectivity index (χ2n) is 8.62. The van der Waals surface area contributed by atoms with Gasteiger partial charge in [0.2, 0.25) is 18.6 Å². The van der Waals surface area contributed by atoms with Crippen LogP contribution in [0, 0.1) is 11.8 Å². The molecule has 3 atom stereocenters. The molecule has 0 radical (unpaired) electrons. The first-order valence-electron chi connectivity index (χ1n) is 10.5. The van der Waals surface area contributed by atoms with Gasteiger partial charge in [-0.05, 0) is 36.0 Å². The zero-order valence-corrected chi connectivity index (χ0v) is 17.4. The van der Waals surface area contributed by atoms with Crippen LogP contribution in [0.4, 0.5) is 0 Å². The van der Waals surface area contributed by atoms with Crippen molar-refractivity contribution in [2.24, 2.45) is 11.8 Å². The van der Waals surface area contributed by atoms with Crippen LogP contribution in [-0.2, 0) is 13.1 Å². The first kappa shape index (κ1) is 19.2. The fourth-order valence-electron chi connectivity index (χ4n) is 4.37. The number of ether oxygens (including phenoxy) is 2. The number of benzene rings is 1. The molecule has 0 amide bonds. The van der Waals surface area contributed by atoms with Crippen LogP contribution in [0.25, 0.3) is 0 Å². The Hall–Kier alpha value is -2.08. The molecule has 1 saturated carbocycles. The Bertz CT molecular complexity index is 804. The monoisotopic (exact) mass is 385 g/mol. The minimum absolute atomic E-state index is 0.247. The lowest BCUT2D eigenvalue weighted by molar-refractivity contribution is 0.0613. The van der Waals surface area contributed by atoms with Gasteiger partial charge in [-0.1, -0.05) is 46.6 Å². The van der Waals surface area contributed by atoms with Gasteiger partial charge >= 0.3 is 0 Å². The summed E-state index contributed by atoms with van der Waals surface area (Å²) in [5, 5.41) is 8.53. The summed E-state index contributed by atoms with van der Waals surface area (Å²) in [7, 11) is 0. The molecule has 2 heterocycles. The predicted octanol–water partition coefficient (Wildman–Crippen LogP) is 4.75. The summed E-state index contributed by atoms with van der Waals surface area (Å²) in [6, 6.07) is 6.74. The summed E-state index contributed by atoms with van der Waals surface area (Å²) < 4.78 is 17.0. The standard InChI is InChI=1S/C22H31N3O3/c1-14(2)22-24-23-21(28-22)12-25(18-7-5-6-15(3)16(18)4)11-17-8-9-19-20(10-17)27-13-26-19/h8-10,14-16,18H,5-7,11-13H2,1-4H3. The van der Waals surface area contributed by atoms with Gasteiger partial charge in [0.25, 0.3) is 0 Å². The zero-order chi connectivity index (χ0) is 19.7. The van der Waals surface area contributed by atoms with Gasteiger partial charge in [-0.3, -0.25) is 4.90 Å². The van der Waals surface area contributed by atoms with Crippen LogP contribution in [0.5, 0.6) is 11.5 Å². The van der Waals surface area contributed by atoms with E-state index in [9.17, 15) is 0 Å². The molecule has 1 aliphatic heterocycles. The number of aromatic nitrogens is 2. The molecule has 2 aromatic rings. The number of fused-ring (bicyclic) bond motifs is 1. The first-order valence-corrected chi connectivity index (χ1v) is 10.5. The molecule has 0 N–H and O–H groups in total. The fraction of sp³-hybridized carbons (Fsp3) is 0.636. The van der Waals surface area contributed by atoms with Gasteiger partial charge in [-0.2, -0.15) is 0 Å². The van der Waals surface area contributed by atoms with Gasteiger partial charge in [-0.25, -0.2) is 0 Å². The minimum atomic E-state index is 0.247. The van der Waals surface area contributed by atoms with Gasteiger partial charge in [-0.15, -0.1) is 10.2 Å². The highest BCUT2D eigenvalue weighted by Gasteiger charge is 2.32. The summed E-state index contributed by atoms with van der Waals surface area (Å²) >= 11 is 0. The van der Waals surface area contributed by atoms with Crippen molar-refractivity contribution in [3.8, 4) is 11.5 Å². The molecule has 0 saturated heterocycles. The third-order valence-corrected chi connectivity index (χ3v) is 6.27. The van der Waals surface area contributed by atoms with E-state index in [0.717, 1.165) is 24.0 Å². The Morgan fingerprint density at radius 1 is 1.07 bits per heavy atom. The SMILES string of the molecule is CC(C)c1nnc(CN(Cc2ccc3c(c2)OCO3)C2CCCC(C)C2C)o1. The van der Waals surface area contributed by atoms with E-state index in [0.29, 0.717) is 37.1 Å². The van der Waals surface area contributed by atoms with Gasteiger partial charge < -0.3 is 13.9 Å². The Morgan fingerprint density at radius 2 is 1.89 bits per heavy atom. The van der Waals surface area contributed by atoms with Gasteiger partial charge in [0.15, 0.2) is 11.5 Å². The summed E-state index contributed by atoms with van der Waals surface area (Å²) in [5.41, 5.74) is 1.22. The maximum absolute atomic E-state index is 5.93. The highest BCUT2D eigenvalue weighted by molar-refractivity contribution is 5.44. The molecule has 0 bridgehead atoms. The summed E-state index contributed by atoms with van der Waals surface area (Å²) in [6.07, 6.45) is 3.80. The molecule has 6 heteroatoms. The zero-order valence-electron chi connectivity index (χ0n) is 17.4. The van der Waals surface area contributed by atoms with E-state index >= 15 is 0 Å². The van der Waals surface area contributed by atoms with Crippen molar-refractivity contribution in [2.45, 2.75) is 72.0 Å². The average molecular weight is 386 g/mol. The van der Waals surface area contributed by atoms with E-state index in [4.69, 9.17) is 13.9 Å². The molecular formula is C22H31N3O3. The van der Waals surface area contributed by atoms with E-state index in [1.807, 2.05) is 6.07 Å². The predicted molar refractivity (Wildman–Crippen MR) is 106 cm³/mol. The number of rotatable bonds is 6. The van der Waals surface area contributed by atoms with Crippen LogP contribution in [0.2, 0.25) is 0 Å². The van der Waals surface area contributed by atoms with E-state index in [2.05, 4.69) is 54.9 Å². The van der Waals surface area contributed by atoms with Crippen molar-refractivity contribution in [2.75, 3.05) is 6.79 Å². The molecule has 1 aromatic heterocycles. The molecule has 1 fully saturated rings. The molecule has 0 spiro atoms. The molecule has 4 rings (SSSR count). The fourth-order valence-corrected chi connectivity index (χ4v) is 4.37. The maximum Gasteiger partial charge on any atom is 0.231 e. The van der Waals surface area contributed by atoms with Crippen LogP contribution in [-0.4, -0.2) is 27.9 Å². The number of hydrogen-bond acceptors (Lipinski definition) is 6. The Kier molecular flexibility index (Phi) is 5.58. The van der Waals surface area contributed by atoms with Crippen molar-refractivity contribution in [3.63, 3.8) is 0 Å². The Morgan fingerprint density at radius 3 is 2.68 bits per heavy atom. The molecule has 1 aromatic carbocycles. The molecule has 6 nitrogen and oxygen atoms in total. The van der Waals surface area contributed by atoms with Crippen molar-refractivity contribution >= 4 is 0 Å². The topological polar surface area (TPSA) is 60.6 Å². The largest absolute Gasteiger partial charge is 0.454 e. The van der Waals surface area contributed by atoms with Crippen LogP contribution in [0.15, 0.2) is 22.6 Å². The molecule has 152 valence electrons. The van der Waals surface area contributed by atoms with Crippen molar-refractivity contribution in [3.05, 3.63) is 35.5 Å². The van der Waals surface area contributed by atoms with E-state index < -0.39 is 0 Å². The molecule has 1 aliphatic carbocycles. The van der Waals surface area contributed by atoms with E-state index in [1.54, 1.807) is 0 Å². The lowest BCUT2D eigenvalue weighted by Crippen LogP contribution is -2.43. The highest BCUT2D eigenvalue weighted by Crippen LogP contribution is 2.36. The molecule has 28 heavy (non-hydrogen) atoms. The van der Waals surface area contributed by atoms with Crippen molar-refractivity contribution in [1.82, 2.24) is 15.1 Å². The summed E-state index contributed by atoms with van der Waals surface area (Å²) in [5.74, 6) is 4.69. The highest BCUT2D eigenvalue weighted by atomic mass is 16.7. The van der Waals surface area contributed by atoms with Crippen LogP contribution in [0.3, 0.4) is 0 Å². The second-order valence-corrected chi connectivity index (χ2v) is 8.62. The Labute approximate surface area is 167 Å². The molecular weight excluding hydrogens is 354 g/mol. The molecule has 3 unspecified atom stereocenters. The van der Waals surface area contributed by atoms with Gasteiger partial charge in [0.05, 0.1) is 6.54 Å². The minimum Gasteiger partial charge on any atom is -0.454 e. The van der Waals surface area contributed by atoms with Crippen molar-refractivity contribution in [1.29, 1.82) is 0 Å². The van der Waals surface area contributed by atoms with Gasteiger partial charge in [0, 0.05) is 18.5 Å². The maximum atomic E-state index is 5.93. The van der Waals surface area contributed by atoms with Crippen LogP contribution in [0.1, 0.15) is 70.2 Å². The van der Waals surface area contributed by atoms with E-state index in [1.165, 1.54) is 24.8 Å². The summed E-state index contributed by atoms with van der Waals surface area (Å²) in [4.78, 5) is 2.51. The summed E-state index contributed by atoms with van der Waals surface area (Å²) in [6.45, 7) is 10.7. The average Bonchev–Trinajstić information content (AvgIpc) is 3.32. The first-order chi connectivity index (χ1) is 13.5. The normalized spacial score (nSPS) is 24.3. The lowest BCUT2D eigenvalue weighted by atomic mass is 9.77. The third kappa shape index (κ3) is 4.02.